The molecule has 0 aliphatic carbocycles. The van der Waals surface area contributed by atoms with Crippen LogP contribution in [0.3, 0.4) is 0 Å². The Morgan fingerprint density at radius 2 is 1.71 bits per heavy atom. The summed E-state index contributed by atoms with van der Waals surface area (Å²) in [7, 11) is 5.99. The van der Waals surface area contributed by atoms with E-state index in [0.29, 0.717) is 12.6 Å². The van der Waals surface area contributed by atoms with Gasteiger partial charge in [-0.25, -0.2) is 0 Å². The smallest absolute Gasteiger partial charge is 0.234 e. The van der Waals surface area contributed by atoms with Gasteiger partial charge in [0.05, 0.1) is 6.54 Å². The highest BCUT2D eigenvalue weighted by Crippen LogP contribution is 1.94. The number of rotatable bonds is 13. The van der Waals surface area contributed by atoms with Crippen LogP contribution in [0.15, 0.2) is 0 Å². The lowest BCUT2D eigenvalue weighted by atomic mass is 10.2. The van der Waals surface area contributed by atoms with Crippen molar-refractivity contribution in [2.45, 2.75) is 45.6 Å². The van der Waals surface area contributed by atoms with Crippen LogP contribution in [-0.2, 0) is 4.79 Å². The third kappa shape index (κ3) is 14.1. The van der Waals surface area contributed by atoms with Gasteiger partial charge in [-0.15, -0.1) is 0 Å². The molecule has 1 amide bonds. The Labute approximate surface area is 131 Å². The Balaban J connectivity index is 3.37. The van der Waals surface area contributed by atoms with E-state index in [9.17, 15) is 4.79 Å². The quantitative estimate of drug-likeness (QED) is 0.501. The molecule has 0 aromatic carbocycles. The molecule has 0 fully saturated rings. The largest absolute Gasteiger partial charge is 0.355 e. The zero-order valence-electron chi connectivity index (χ0n) is 14.7. The van der Waals surface area contributed by atoms with Crippen molar-refractivity contribution in [3.8, 4) is 0 Å². The summed E-state index contributed by atoms with van der Waals surface area (Å²) in [5.41, 5.74) is 0. The first kappa shape index (κ1) is 20.3. The minimum atomic E-state index is 0.115. The Bertz CT molecular complexity index is 259. The van der Waals surface area contributed by atoms with Crippen LogP contribution in [0.25, 0.3) is 0 Å². The highest BCUT2D eigenvalue weighted by molar-refractivity contribution is 5.77. The van der Waals surface area contributed by atoms with E-state index in [1.54, 1.807) is 0 Å². The highest BCUT2D eigenvalue weighted by atomic mass is 16.1. The molecule has 0 radical (unpaired) electrons. The number of hydrogen-bond acceptors (Lipinski definition) is 4. The number of hydrogen-bond donors (Lipinski definition) is 2. The summed E-state index contributed by atoms with van der Waals surface area (Å²) in [5, 5.41) is 6.46. The molecule has 21 heavy (non-hydrogen) atoms. The fourth-order valence-electron chi connectivity index (χ4n) is 2.03. The van der Waals surface area contributed by atoms with Gasteiger partial charge in [-0.05, 0) is 73.4 Å². The summed E-state index contributed by atoms with van der Waals surface area (Å²) in [6.07, 6.45) is 4.57. The maximum absolute atomic E-state index is 11.4. The molecule has 0 spiro atoms. The van der Waals surface area contributed by atoms with Crippen molar-refractivity contribution in [2.24, 2.45) is 0 Å². The van der Waals surface area contributed by atoms with Crippen LogP contribution in [0.2, 0.25) is 0 Å². The van der Waals surface area contributed by atoms with Gasteiger partial charge in [0, 0.05) is 12.6 Å². The summed E-state index contributed by atoms with van der Waals surface area (Å²) in [6, 6.07) is 0.626. The molecule has 0 bridgehead atoms. The normalized spacial score (nSPS) is 12.9. The lowest BCUT2D eigenvalue weighted by Crippen LogP contribution is -2.34. The van der Waals surface area contributed by atoms with E-state index >= 15 is 0 Å². The van der Waals surface area contributed by atoms with Crippen molar-refractivity contribution in [3.05, 3.63) is 0 Å². The topological polar surface area (TPSA) is 47.6 Å². The first-order chi connectivity index (χ1) is 9.95. The first-order valence-electron chi connectivity index (χ1n) is 8.29. The number of likely N-dealkylation sites (N-methyl/N-ethyl adjacent to an activating group) is 1. The van der Waals surface area contributed by atoms with Gasteiger partial charge >= 0.3 is 0 Å². The van der Waals surface area contributed by atoms with Gasteiger partial charge in [0.2, 0.25) is 5.91 Å². The van der Waals surface area contributed by atoms with Crippen molar-refractivity contribution < 1.29 is 4.79 Å². The maximum Gasteiger partial charge on any atom is 0.234 e. The van der Waals surface area contributed by atoms with Gasteiger partial charge in [-0.3, -0.25) is 4.79 Å². The number of nitrogens with zero attached hydrogens (tertiary/aromatic N) is 2. The average Bonchev–Trinajstić information content (AvgIpc) is 2.42. The van der Waals surface area contributed by atoms with Gasteiger partial charge in [0.15, 0.2) is 0 Å². The van der Waals surface area contributed by atoms with Gasteiger partial charge in [-0.1, -0.05) is 6.92 Å². The molecule has 0 aromatic rings. The molecule has 0 saturated heterocycles. The molecule has 0 aliphatic rings. The Hall–Kier alpha value is -0.650. The van der Waals surface area contributed by atoms with Crippen LogP contribution >= 0.6 is 0 Å². The Morgan fingerprint density at radius 1 is 1.05 bits per heavy atom. The van der Waals surface area contributed by atoms with Crippen LogP contribution in [0, 0.1) is 0 Å². The molecule has 5 nitrogen and oxygen atoms in total. The minimum absolute atomic E-state index is 0.115. The standard InChI is InChI=1S/C16H36N4O/c1-6-15(2)17-11-9-13-20(5)12-8-7-10-18-16(21)14-19(3)4/h15,17H,6-14H2,1-5H3,(H,18,21). The predicted octanol–water partition coefficient (Wildman–Crippen LogP) is 1.15. The fourth-order valence-corrected chi connectivity index (χ4v) is 2.03. The van der Waals surface area contributed by atoms with E-state index in [-0.39, 0.29) is 5.91 Å². The van der Waals surface area contributed by atoms with Crippen LogP contribution in [0.4, 0.5) is 0 Å². The summed E-state index contributed by atoms with van der Waals surface area (Å²) in [6.45, 7) is 9.04. The van der Waals surface area contributed by atoms with E-state index in [1.807, 2.05) is 19.0 Å². The van der Waals surface area contributed by atoms with Crippen LogP contribution < -0.4 is 10.6 Å². The maximum atomic E-state index is 11.4. The van der Waals surface area contributed by atoms with Crippen LogP contribution in [-0.4, -0.2) is 75.6 Å². The number of unbranched alkanes of at least 4 members (excludes halogenated alkanes) is 1. The van der Waals surface area contributed by atoms with Crippen molar-refractivity contribution in [1.29, 1.82) is 0 Å². The molecular formula is C16H36N4O. The second kappa shape index (κ2) is 13.0. The number of carbonyl (C=O) groups excluding carboxylic acids is 1. The van der Waals surface area contributed by atoms with Crippen molar-refractivity contribution >= 4 is 5.91 Å². The number of amides is 1. The lowest BCUT2D eigenvalue weighted by molar-refractivity contribution is -0.121. The molecule has 0 heterocycles. The molecular weight excluding hydrogens is 264 g/mol. The monoisotopic (exact) mass is 300 g/mol. The van der Waals surface area contributed by atoms with Crippen molar-refractivity contribution in [1.82, 2.24) is 20.4 Å². The molecule has 0 saturated carbocycles. The second-order valence-corrected chi connectivity index (χ2v) is 6.22. The van der Waals surface area contributed by atoms with Gasteiger partial charge in [-0.2, -0.15) is 0 Å². The van der Waals surface area contributed by atoms with Gasteiger partial charge < -0.3 is 20.4 Å². The number of carbonyl (C=O) groups is 1. The van der Waals surface area contributed by atoms with E-state index in [0.717, 1.165) is 39.0 Å². The van der Waals surface area contributed by atoms with Gasteiger partial charge in [0.1, 0.15) is 0 Å². The summed E-state index contributed by atoms with van der Waals surface area (Å²) < 4.78 is 0. The zero-order chi connectivity index (χ0) is 16.1. The zero-order valence-corrected chi connectivity index (χ0v) is 14.7. The van der Waals surface area contributed by atoms with E-state index < -0.39 is 0 Å². The minimum Gasteiger partial charge on any atom is -0.355 e. The Morgan fingerprint density at radius 3 is 2.33 bits per heavy atom. The third-order valence-electron chi connectivity index (χ3n) is 3.57. The molecule has 5 heteroatoms. The SMILES string of the molecule is CCC(C)NCCCN(C)CCCCNC(=O)CN(C)C. The fraction of sp³-hybridized carbons (Fsp3) is 0.938. The van der Waals surface area contributed by atoms with E-state index in [4.69, 9.17) is 0 Å². The molecule has 0 aromatic heterocycles. The molecule has 1 atom stereocenters. The lowest BCUT2D eigenvalue weighted by Gasteiger charge is -2.18. The molecule has 126 valence electrons. The van der Waals surface area contributed by atoms with E-state index in [2.05, 4.69) is 36.4 Å². The Kier molecular flexibility index (Phi) is 12.6. The average molecular weight is 300 g/mol. The van der Waals surface area contributed by atoms with Crippen LogP contribution in [0.5, 0.6) is 0 Å². The van der Waals surface area contributed by atoms with E-state index in [1.165, 1.54) is 12.8 Å². The van der Waals surface area contributed by atoms with Crippen molar-refractivity contribution in [2.75, 3.05) is 53.9 Å². The first-order valence-corrected chi connectivity index (χ1v) is 8.29. The molecule has 2 N–H and O–H groups in total. The molecule has 0 rings (SSSR count). The van der Waals surface area contributed by atoms with Crippen LogP contribution in [0.1, 0.15) is 39.5 Å². The summed E-state index contributed by atoms with van der Waals surface area (Å²) >= 11 is 0. The number of nitrogens with one attached hydrogen (secondary N) is 2. The summed E-state index contributed by atoms with van der Waals surface area (Å²) in [4.78, 5) is 15.7. The third-order valence-corrected chi connectivity index (χ3v) is 3.57. The molecule has 0 aliphatic heterocycles. The van der Waals surface area contributed by atoms with Crippen molar-refractivity contribution in [3.63, 3.8) is 0 Å². The predicted molar refractivity (Wildman–Crippen MR) is 90.7 cm³/mol. The highest BCUT2D eigenvalue weighted by Gasteiger charge is 2.02. The molecule has 1 unspecified atom stereocenters. The van der Waals surface area contributed by atoms with Gasteiger partial charge in [0.25, 0.3) is 0 Å². The summed E-state index contributed by atoms with van der Waals surface area (Å²) in [5.74, 6) is 0.115. The second-order valence-electron chi connectivity index (χ2n) is 6.22.